The molecule has 0 saturated heterocycles. The Morgan fingerprint density at radius 2 is 1.76 bits per heavy atom. The highest BCUT2D eigenvalue weighted by Crippen LogP contribution is 2.22. The molecular formula is C17H19F2NO. The maximum absolute atomic E-state index is 13.6. The first kappa shape index (κ1) is 15.6. The first-order valence-electron chi connectivity index (χ1n) is 6.92. The van der Waals surface area contributed by atoms with Crippen molar-refractivity contribution in [3.63, 3.8) is 0 Å². The van der Waals surface area contributed by atoms with E-state index in [1.165, 1.54) is 17.7 Å². The summed E-state index contributed by atoms with van der Waals surface area (Å²) in [6, 6.07) is 13.8. The summed E-state index contributed by atoms with van der Waals surface area (Å²) in [6.07, 6.45) is -0.650. The molecule has 2 aromatic rings. The summed E-state index contributed by atoms with van der Waals surface area (Å²) in [5.41, 5.74) is 1.19. The maximum Gasteiger partial charge on any atom is 0.164 e. The summed E-state index contributed by atoms with van der Waals surface area (Å²) in [7, 11) is 1.93. The Balaban J connectivity index is 1.89. The molecule has 4 heteroatoms. The van der Waals surface area contributed by atoms with Crippen LogP contribution in [0, 0.1) is 11.6 Å². The minimum absolute atomic E-state index is 0.0168. The molecule has 0 radical (unpaired) electrons. The minimum atomic E-state index is -1.00. The van der Waals surface area contributed by atoms with Crippen LogP contribution in [0.4, 0.5) is 8.78 Å². The smallest absolute Gasteiger partial charge is 0.164 e. The topological polar surface area (TPSA) is 23.5 Å². The molecule has 1 unspecified atom stereocenters. The van der Waals surface area contributed by atoms with Crippen molar-refractivity contribution in [3.8, 4) is 0 Å². The molecule has 1 N–H and O–H groups in total. The highest BCUT2D eigenvalue weighted by Gasteiger charge is 2.16. The third-order valence-corrected chi connectivity index (χ3v) is 3.42. The second-order valence-electron chi connectivity index (χ2n) is 5.17. The van der Waals surface area contributed by atoms with Gasteiger partial charge in [0.15, 0.2) is 11.6 Å². The van der Waals surface area contributed by atoms with E-state index in [4.69, 9.17) is 0 Å². The molecule has 0 amide bonds. The van der Waals surface area contributed by atoms with E-state index in [2.05, 4.69) is 0 Å². The summed E-state index contributed by atoms with van der Waals surface area (Å²) < 4.78 is 26.7. The van der Waals surface area contributed by atoms with E-state index < -0.39 is 17.7 Å². The molecule has 0 saturated carbocycles. The van der Waals surface area contributed by atoms with E-state index in [-0.39, 0.29) is 5.56 Å². The number of rotatable bonds is 6. The lowest BCUT2D eigenvalue weighted by Gasteiger charge is -2.19. The van der Waals surface area contributed by atoms with Gasteiger partial charge in [-0.1, -0.05) is 42.5 Å². The van der Waals surface area contributed by atoms with Gasteiger partial charge in [-0.3, -0.25) is 0 Å². The second-order valence-corrected chi connectivity index (χ2v) is 5.17. The van der Waals surface area contributed by atoms with Crippen LogP contribution in [0.15, 0.2) is 48.5 Å². The number of hydrogen-bond donors (Lipinski definition) is 1. The molecule has 2 aromatic carbocycles. The van der Waals surface area contributed by atoms with Crippen molar-refractivity contribution in [2.24, 2.45) is 0 Å². The van der Waals surface area contributed by atoms with E-state index in [0.717, 1.165) is 12.6 Å². The van der Waals surface area contributed by atoms with Crippen LogP contribution in [-0.2, 0) is 6.54 Å². The van der Waals surface area contributed by atoms with Gasteiger partial charge >= 0.3 is 0 Å². The molecule has 0 fully saturated rings. The van der Waals surface area contributed by atoms with Gasteiger partial charge in [0.2, 0.25) is 0 Å². The van der Waals surface area contributed by atoms with Gasteiger partial charge in [0.05, 0.1) is 6.10 Å². The molecule has 0 aromatic heterocycles. The minimum Gasteiger partial charge on any atom is -0.388 e. The first-order chi connectivity index (χ1) is 10.1. The molecule has 0 aliphatic carbocycles. The van der Waals surface area contributed by atoms with Crippen LogP contribution in [0.5, 0.6) is 0 Å². The Labute approximate surface area is 123 Å². The highest BCUT2D eigenvalue weighted by molar-refractivity contribution is 5.21. The maximum atomic E-state index is 13.6. The van der Waals surface area contributed by atoms with Crippen molar-refractivity contribution in [2.75, 3.05) is 13.6 Å². The molecular weight excluding hydrogens is 272 g/mol. The zero-order valence-corrected chi connectivity index (χ0v) is 12.0. The number of nitrogens with zero attached hydrogens (tertiary/aromatic N) is 1. The van der Waals surface area contributed by atoms with Crippen LogP contribution in [0.3, 0.4) is 0 Å². The summed E-state index contributed by atoms with van der Waals surface area (Å²) >= 11 is 0. The third kappa shape index (κ3) is 4.34. The first-order valence-corrected chi connectivity index (χ1v) is 6.92. The van der Waals surface area contributed by atoms with E-state index in [1.807, 2.05) is 42.3 Å². The fraction of sp³-hybridized carbons (Fsp3) is 0.294. The average Bonchev–Trinajstić information content (AvgIpc) is 2.48. The van der Waals surface area contributed by atoms with Gasteiger partial charge in [-0.15, -0.1) is 0 Å². The average molecular weight is 291 g/mol. The van der Waals surface area contributed by atoms with Gasteiger partial charge in [-0.05, 0) is 25.1 Å². The van der Waals surface area contributed by atoms with Crippen molar-refractivity contribution in [1.29, 1.82) is 0 Å². The SMILES string of the molecule is CN(CCC(O)c1cccc(F)c1F)Cc1ccccc1. The van der Waals surface area contributed by atoms with Crippen LogP contribution >= 0.6 is 0 Å². The number of aliphatic hydroxyl groups excluding tert-OH is 1. The normalized spacial score (nSPS) is 12.6. The molecule has 21 heavy (non-hydrogen) atoms. The predicted molar refractivity (Wildman–Crippen MR) is 78.7 cm³/mol. The van der Waals surface area contributed by atoms with E-state index in [9.17, 15) is 13.9 Å². The molecule has 2 rings (SSSR count). The van der Waals surface area contributed by atoms with Crippen LogP contribution in [-0.4, -0.2) is 23.6 Å². The predicted octanol–water partition coefficient (Wildman–Crippen LogP) is 3.52. The van der Waals surface area contributed by atoms with Crippen molar-refractivity contribution in [2.45, 2.75) is 19.1 Å². The van der Waals surface area contributed by atoms with Gasteiger partial charge in [-0.25, -0.2) is 8.78 Å². The second kappa shape index (κ2) is 7.29. The lowest BCUT2D eigenvalue weighted by atomic mass is 10.1. The molecule has 112 valence electrons. The Morgan fingerprint density at radius 3 is 2.48 bits per heavy atom. The van der Waals surface area contributed by atoms with Crippen molar-refractivity contribution >= 4 is 0 Å². The largest absolute Gasteiger partial charge is 0.388 e. The number of halogens is 2. The summed E-state index contributed by atoms with van der Waals surface area (Å²) in [4.78, 5) is 2.04. The molecule has 0 spiro atoms. The zero-order chi connectivity index (χ0) is 15.2. The number of aliphatic hydroxyl groups is 1. The number of benzene rings is 2. The highest BCUT2D eigenvalue weighted by atomic mass is 19.2. The quantitative estimate of drug-likeness (QED) is 0.880. The van der Waals surface area contributed by atoms with Crippen molar-refractivity contribution in [3.05, 3.63) is 71.3 Å². The van der Waals surface area contributed by atoms with Gasteiger partial charge in [0.1, 0.15) is 0 Å². The molecule has 0 aliphatic heterocycles. The third-order valence-electron chi connectivity index (χ3n) is 3.42. The lowest BCUT2D eigenvalue weighted by Crippen LogP contribution is -2.21. The Kier molecular flexibility index (Phi) is 5.42. The van der Waals surface area contributed by atoms with E-state index >= 15 is 0 Å². The fourth-order valence-corrected chi connectivity index (χ4v) is 2.25. The molecule has 0 aliphatic rings. The Hall–Kier alpha value is -1.78. The van der Waals surface area contributed by atoms with Gasteiger partial charge in [0.25, 0.3) is 0 Å². The summed E-state index contributed by atoms with van der Waals surface area (Å²) in [5.74, 6) is -1.89. The monoisotopic (exact) mass is 291 g/mol. The van der Waals surface area contributed by atoms with Gasteiger partial charge in [-0.2, -0.15) is 0 Å². The van der Waals surface area contributed by atoms with Crippen molar-refractivity contribution in [1.82, 2.24) is 4.90 Å². The van der Waals surface area contributed by atoms with Crippen LogP contribution in [0.1, 0.15) is 23.7 Å². The Bertz CT molecular complexity index is 574. The molecule has 2 nitrogen and oxygen atoms in total. The molecule has 0 heterocycles. The fourth-order valence-electron chi connectivity index (χ4n) is 2.25. The van der Waals surface area contributed by atoms with Gasteiger partial charge in [0, 0.05) is 18.7 Å². The number of hydrogen-bond acceptors (Lipinski definition) is 2. The molecule has 1 atom stereocenters. The van der Waals surface area contributed by atoms with E-state index in [1.54, 1.807) is 0 Å². The summed E-state index contributed by atoms with van der Waals surface area (Å²) in [6.45, 7) is 1.34. The van der Waals surface area contributed by atoms with Crippen LogP contribution < -0.4 is 0 Å². The van der Waals surface area contributed by atoms with Crippen LogP contribution in [0.2, 0.25) is 0 Å². The zero-order valence-electron chi connectivity index (χ0n) is 12.0. The lowest BCUT2D eigenvalue weighted by molar-refractivity contribution is 0.143. The van der Waals surface area contributed by atoms with E-state index in [0.29, 0.717) is 13.0 Å². The standard InChI is InChI=1S/C17H19F2NO/c1-20(12-13-6-3-2-4-7-13)11-10-16(21)14-8-5-9-15(18)17(14)19/h2-9,16,21H,10-12H2,1H3. The Morgan fingerprint density at radius 1 is 1.05 bits per heavy atom. The van der Waals surface area contributed by atoms with Gasteiger partial charge < -0.3 is 10.0 Å². The molecule has 0 bridgehead atoms. The van der Waals surface area contributed by atoms with Crippen LogP contribution in [0.25, 0.3) is 0 Å². The summed E-state index contributed by atoms with van der Waals surface area (Å²) in [5, 5.41) is 10.0. The van der Waals surface area contributed by atoms with Crippen molar-refractivity contribution < 1.29 is 13.9 Å².